The van der Waals surface area contributed by atoms with Crippen LogP contribution in [0.1, 0.15) is 26.3 Å². The summed E-state index contributed by atoms with van der Waals surface area (Å²) in [6, 6.07) is 13.0. The normalized spacial score (nSPS) is 12.6. The van der Waals surface area contributed by atoms with Crippen LogP contribution in [-0.2, 0) is 5.41 Å². The van der Waals surface area contributed by atoms with Crippen LogP contribution in [-0.4, -0.2) is 12.8 Å². The van der Waals surface area contributed by atoms with Crippen molar-refractivity contribution in [3.05, 3.63) is 53.4 Å². The van der Waals surface area contributed by atoms with Gasteiger partial charge in [-0.3, -0.25) is 0 Å². The van der Waals surface area contributed by atoms with Crippen molar-refractivity contribution in [1.29, 1.82) is 0 Å². The maximum absolute atomic E-state index is 12.7. The molecule has 1 nitrogen and oxygen atoms in total. The molecular weight excluding hydrogens is 345 g/mol. The summed E-state index contributed by atoms with van der Waals surface area (Å²) in [4.78, 5) is 0. The van der Waals surface area contributed by atoms with Crippen molar-refractivity contribution in [3.63, 3.8) is 0 Å². The highest BCUT2D eigenvalue weighted by atomic mass is 32.1. The van der Waals surface area contributed by atoms with E-state index in [1.807, 2.05) is 51.1 Å². The molecule has 5 heteroatoms. The molecule has 0 spiro atoms. The number of halogens is 3. The van der Waals surface area contributed by atoms with E-state index < -0.39 is 12.8 Å². The second-order valence-corrected chi connectivity index (χ2v) is 7.79. The van der Waals surface area contributed by atoms with Gasteiger partial charge >= 0.3 is 6.18 Å². The Morgan fingerprint density at radius 3 is 2.44 bits per heavy atom. The van der Waals surface area contributed by atoms with E-state index in [-0.39, 0.29) is 11.2 Å². The molecule has 0 atom stereocenters. The summed E-state index contributed by atoms with van der Waals surface area (Å²) in [5, 5.41) is 4.08. The van der Waals surface area contributed by atoms with Crippen LogP contribution in [0.5, 0.6) is 5.75 Å². The lowest BCUT2D eigenvalue weighted by Crippen LogP contribution is -2.20. The van der Waals surface area contributed by atoms with E-state index >= 15 is 0 Å². The standard InChI is InChI=1S/C20H18F3OS/c1-19(2,3)15-7-5-8-16(24-12-20(21,22)23)18(15)14-6-4-9-17-13(14)10-11-25-17/h4-10H,12H2,1-3H3. The van der Waals surface area contributed by atoms with Crippen LogP contribution in [0.25, 0.3) is 21.2 Å². The predicted octanol–water partition coefficient (Wildman–Crippen LogP) is 6.61. The van der Waals surface area contributed by atoms with Crippen LogP contribution >= 0.6 is 11.3 Å². The lowest BCUT2D eigenvalue weighted by molar-refractivity contribution is -0.153. The van der Waals surface area contributed by atoms with Crippen LogP contribution in [0.4, 0.5) is 13.2 Å². The zero-order valence-corrected chi connectivity index (χ0v) is 15.0. The minimum Gasteiger partial charge on any atom is -0.483 e. The number of rotatable bonds is 3. The number of hydrogen-bond acceptors (Lipinski definition) is 2. The Labute approximate surface area is 149 Å². The Bertz CT molecular complexity index is 888. The summed E-state index contributed by atoms with van der Waals surface area (Å²) < 4.78 is 44.3. The highest BCUT2D eigenvalue weighted by Crippen LogP contribution is 2.43. The van der Waals surface area contributed by atoms with Gasteiger partial charge in [0.25, 0.3) is 0 Å². The monoisotopic (exact) mass is 363 g/mol. The fraction of sp³-hybridized carbons (Fsp3) is 0.300. The molecule has 25 heavy (non-hydrogen) atoms. The molecule has 1 aromatic heterocycles. The van der Waals surface area contributed by atoms with Crippen LogP contribution in [0.2, 0.25) is 0 Å². The molecule has 0 amide bonds. The second-order valence-electron chi connectivity index (χ2n) is 6.91. The molecule has 0 saturated carbocycles. The van der Waals surface area contributed by atoms with Crippen LogP contribution < -0.4 is 4.74 Å². The van der Waals surface area contributed by atoms with Gasteiger partial charge in [-0.2, -0.15) is 13.2 Å². The average molecular weight is 363 g/mol. The van der Waals surface area contributed by atoms with Gasteiger partial charge in [0.2, 0.25) is 0 Å². The summed E-state index contributed by atoms with van der Waals surface area (Å²) in [6.07, 6.45) is -4.38. The van der Waals surface area contributed by atoms with Crippen molar-refractivity contribution in [2.24, 2.45) is 0 Å². The summed E-state index contributed by atoms with van der Waals surface area (Å²) in [7, 11) is 0. The minimum atomic E-state index is -4.38. The molecule has 0 unspecified atom stereocenters. The minimum absolute atomic E-state index is 0.241. The Morgan fingerprint density at radius 2 is 1.76 bits per heavy atom. The largest absolute Gasteiger partial charge is 0.483 e. The van der Waals surface area contributed by atoms with Gasteiger partial charge in [-0.15, -0.1) is 11.3 Å². The van der Waals surface area contributed by atoms with Gasteiger partial charge in [-0.25, -0.2) is 0 Å². The fourth-order valence-corrected chi connectivity index (χ4v) is 3.59. The smallest absolute Gasteiger partial charge is 0.422 e. The summed E-state index contributed by atoms with van der Waals surface area (Å²) in [6.45, 7) is 4.82. The van der Waals surface area contributed by atoms with Crippen LogP contribution in [0, 0.1) is 5.38 Å². The van der Waals surface area contributed by atoms with Crippen LogP contribution in [0.15, 0.2) is 42.5 Å². The van der Waals surface area contributed by atoms with Gasteiger partial charge in [0.05, 0.1) is 0 Å². The first-order chi connectivity index (χ1) is 11.7. The third-order valence-corrected chi connectivity index (χ3v) is 4.74. The molecule has 0 aliphatic rings. The SMILES string of the molecule is CC(C)(C)c1cccc(OCC(F)(F)F)c1-c1cccc2s[c]cc12. The van der Waals surface area contributed by atoms with Crippen LogP contribution in [0.3, 0.4) is 0 Å². The Hall–Kier alpha value is -2.01. The summed E-state index contributed by atoms with van der Waals surface area (Å²) >= 11 is 1.49. The molecule has 3 aromatic rings. The molecule has 0 N–H and O–H groups in total. The van der Waals surface area contributed by atoms with Crippen molar-refractivity contribution in [2.45, 2.75) is 32.4 Å². The molecule has 2 aromatic carbocycles. The zero-order chi connectivity index (χ0) is 18.2. The number of thiophene rings is 1. The molecule has 1 radical (unpaired) electrons. The third-order valence-electron chi connectivity index (χ3n) is 3.93. The van der Waals surface area contributed by atoms with E-state index in [2.05, 4.69) is 5.38 Å². The first kappa shape index (κ1) is 17.8. The van der Waals surface area contributed by atoms with Gasteiger partial charge in [0, 0.05) is 21.0 Å². The number of alkyl halides is 3. The highest BCUT2D eigenvalue weighted by Gasteiger charge is 2.30. The van der Waals surface area contributed by atoms with Crippen molar-refractivity contribution < 1.29 is 17.9 Å². The molecule has 0 fully saturated rings. The fourth-order valence-electron chi connectivity index (χ4n) is 2.87. The lowest BCUT2D eigenvalue weighted by atomic mass is 9.81. The Morgan fingerprint density at radius 1 is 1.04 bits per heavy atom. The molecule has 0 saturated heterocycles. The maximum atomic E-state index is 12.7. The summed E-state index contributed by atoms with van der Waals surface area (Å²) in [5.74, 6) is 0.253. The number of ether oxygens (including phenoxy) is 1. The van der Waals surface area contributed by atoms with Gasteiger partial charge in [-0.1, -0.05) is 45.0 Å². The number of hydrogen-bond donors (Lipinski definition) is 0. The van der Waals surface area contributed by atoms with Crippen molar-refractivity contribution in [2.75, 3.05) is 6.61 Å². The highest BCUT2D eigenvalue weighted by molar-refractivity contribution is 7.16. The first-order valence-corrected chi connectivity index (χ1v) is 8.70. The Kier molecular flexibility index (Phi) is 4.54. The molecule has 3 rings (SSSR count). The quantitative estimate of drug-likeness (QED) is 0.509. The van der Waals surface area contributed by atoms with E-state index in [0.29, 0.717) is 0 Å². The first-order valence-electron chi connectivity index (χ1n) is 7.89. The van der Waals surface area contributed by atoms with Crippen molar-refractivity contribution in [3.8, 4) is 16.9 Å². The van der Waals surface area contributed by atoms with Gasteiger partial charge < -0.3 is 4.74 Å². The predicted molar refractivity (Wildman–Crippen MR) is 96.3 cm³/mol. The van der Waals surface area contributed by atoms with E-state index in [9.17, 15) is 13.2 Å². The average Bonchev–Trinajstić information content (AvgIpc) is 2.99. The molecule has 1 heterocycles. The van der Waals surface area contributed by atoms with Crippen molar-refractivity contribution in [1.82, 2.24) is 0 Å². The van der Waals surface area contributed by atoms with E-state index in [4.69, 9.17) is 4.74 Å². The topological polar surface area (TPSA) is 9.23 Å². The van der Waals surface area contributed by atoms with Gasteiger partial charge in [0.1, 0.15) is 5.75 Å². The number of fused-ring (bicyclic) bond motifs is 1. The van der Waals surface area contributed by atoms with Crippen molar-refractivity contribution >= 4 is 21.4 Å². The maximum Gasteiger partial charge on any atom is 0.422 e. The molecule has 0 bridgehead atoms. The molecule has 0 aliphatic heterocycles. The number of benzene rings is 2. The second kappa shape index (κ2) is 6.37. The Balaban J connectivity index is 2.23. The lowest BCUT2D eigenvalue weighted by Gasteiger charge is -2.25. The van der Waals surface area contributed by atoms with E-state index in [1.54, 1.807) is 12.1 Å². The summed E-state index contributed by atoms with van der Waals surface area (Å²) in [5.41, 5.74) is 2.30. The third kappa shape index (κ3) is 3.82. The van der Waals surface area contributed by atoms with E-state index in [0.717, 1.165) is 26.8 Å². The molecular formula is C20H18F3OS. The zero-order valence-electron chi connectivity index (χ0n) is 14.2. The molecule has 131 valence electrons. The van der Waals surface area contributed by atoms with Gasteiger partial charge in [0.15, 0.2) is 6.61 Å². The van der Waals surface area contributed by atoms with Gasteiger partial charge in [-0.05, 0) is 34.7 Å². The van der Waals surface area contributed by atoms with E-state index in [1.165, 1.54) is 11.3 Å². The molecule has 0 aliphatic carbocycles.